The summed E-state index contributed by atoms with van der Waals surface area (Å²) in [6.07, 6.45) is 5.51. The maximum atomic E-state index is 12.0. The second-order valence-corrected chi connectivity index (χ2v) is 4.90. The number of piperidine rings is 1. The number of hydrogen-bond acceptors (Lipinski definition) is 4. The van der Waals surface area contributed by atoms with Crippen molar-refractivity contribution in [3.8, 4) is 0 Å². The number of nitrogens with one attached hydrogen (secondary N) is 1. The third-order valence-electron chi connectivity index (χ3n) is 3.45. The minimum absolute atomic E-state index is 0. The van der Waals surface area contributed by atoms with E-state index in [0.717, 1.165) is 25.3 Å². The first-order valence-electron chi connectivity index (χ1n) is 6.95. The van der Waals surface area contributed by atoms with Crippen molar-refractivity contribution in [3.63, 3.8) is 0 Å². The highest BCUT2D eigenvalue weighted by Gasteiger charge is 2.10. The van der Waals surface area contributed by atoms with Crippen LogP contribution in [0.3, 0.4) is 0 Å². The Morgan fingerprint density at radius 1 is 1.29 bits per heavy atom. The summed E-state index contributed by atoms with van der Waals surface area (Å²) in [5.41, 5.74) is 6.89. The van der Waals surface area contributed by atoms with E-state index in [-0.39, 0.29) is 30.7 Å². The highest BCUT2D eigenvalue weighted by Crippen LogP contribution is 2.07. The van der Waals surface area contributed by atoms with Crippen molar-refractivity contribution in [2.75, 3.05) is 26.2 Å². The van der Waals surface area contributed by atoms with Gasteiger partial charge in [0, 0.05) is 31.4 Å². The third kappa shape index (κ3) is 6.61. The van der Waals surface area contributed by atoms with Gasteiger partial charge in [-0.2, -0.15) is 0 Å². The second-order valence-electron chi connectivity index (χ2n) is 4.90. The van der Waals surface area contributed by atoms with E-state index in [1.807, 2.05) is 0 Å². The molecule has 0 radical (unpaired) electrons. The van der Waals surface area contributed by atoms with Gasteiger partial charge in [-0.15, -0.1) is 24.8 Å². The van der Waals surface area contributed by atoms with Gasteiger partial charge in [-0.25, -0.2) is 0 Å². The Hall–Kier alpha value is -0.880. The van der Waals surface area contributed by atoms with Crippen molar-refractivity contribution < 1.29 is 4.79 Å². The van der Waals surface area contributed by atoms with Crippen LogP contribution in [0.4, 0.5) is 0 Å². The molecule has 0 aliphatic carbocycles. The maximum Gasteiger partial charge on any atom is 0.251 e. The van der Waals surface area contributed by atoms with Crippen LogP contribution in [0.25, 0.3) is 0 Å². The first kappa shape index (κ1) is 20.1. The molecule has 1 saturated heterocycles. The molecule has 2 heterocycles. The van der Waals surface area contributed by atoms with E-state index in [0.29, 0.717) is 18.7 Å². The van der Waals surface area contributed by atoms with Crippen molar-refractivity contribution in [2.24, 2.45) is 5.73 Å². The summed E-state index contributed by atoms with van der Waals surface area (Å²) < 4.78 is 0. The summed E-state index contributed by atoms with van der Waals surface area (Å²) in [6.45, 7) is 4.29. The zero-order valence-electron chi connectivity index (χ0n) is 12.1. The summed E-state index contributed by atoms with van der Waals surface area (Å²) in [5.74, 6) is -0.0471. The summed E-state index contributed by atoms with van der Waals surface area (Å²) in [6, 6.07) is 3.46. The average Bonchev–Trinajstić information content (AvgIpc) is 2.48. The van der Waals surface area contributed by atoms with Crippen LogP contribution < -0.4 is 11.1 Å². The van der Waals surface area contributed by atoms with Crippen molar-refractivity contribution in [1.82, 2.24) is 15.2 Å². The average molecular weight is 335 g/mol. The predicted octanol–water partition coefficient (Wildman–Crippen LogP) is 1.60. The van der Waals surface area contributed by atoms with Gasteiger partial charge in [0.2, 0.25) is 0 Å². The number of nitrogens with two attached hydrogens (primary N) is 1. The molecule has 1 aromatic rings. The first-order valence-corrected chi connectivity index (χ1v) is 6.95. The van der Waals surface area contributed by atoms with Gasteiger partial charge < -0.3 is 16.0 Å². The molecule has 120 valence electrons. The number of hydrogen-bond donors (Lipinski definition) is 2. The third-order valence-corrected chi connectivity index (χ3v) is 3.45. The molecule has 1 aliphatic heterocycles. The van der Waals surface area contributed by atoms with Crippen LogP contribution in [0, 0.1) is 0 Å². The van der Waals surface area contributed by atoms with Crippen LogP contribution in [0.15, 0.2) is 18.3 Å². The quantitative estimate of drug-likeness (QED) is 0.857. The van der Waals surface area contributed by atoms with E-state index in [1.165, 1.54) is 19.3 Å². The lowest BCUT2D eigenvalue weighted by Gasteiger charge is -2.26. The van der Waals surface area contributed by atoms with Crippen molar-refractivity contribution in [1.29, 1.82) is 0 Å². The molecule has 0 atom stereocenters. The van der Waals surface area contributed by atoms with Crippen molar-refractivity contribution >= 4 is 30.7 Å². The minimum Gasteiger partial charge on any atom is -0.351 e. The molecule has 0 unspecified atom stereocenters. The topological polar surface area (TPSA) is 71.2 Å². The van der Waals surface area contributed by atoms with Gasteiger partial charge in [0.25, 0.3) is 5.91 Å². The highest BCUT2D eigenvalue weighted by molar-refractivity contribution is 5.94. The molecular weight excluding hydrogens is 311 g/mol. The van der Waals surface area contributed by atoms with Crippen molar-refractivity contribution in [2.45, 2.75) is 25.8 Å². The van der Waals surface area contributed by atoms with E-state index in [2.05, 4.69) is 15.2 Å². The molecule has 0 bridgehead atoms. The highest BCUT2D eigenvalue weighted by atomic mass is 35.5. The van der Waals surface area contributed by atoms with Gasteiger partial charge in [0.05, 0.1) is 5.69 Å². The summed E-state index contributed by atoms with van der Waals surface area (Å²) in [5, 5.41) is 2.95. The molecule has 2 rings (SSSR count). The first-order chi connectivity index (χ1) is 9.29. The summed E-state index contributed by atoms with van der Waals surface area (Å²) >= 11 is 0. The van der Waals surface area contributed by atoms with Gasteiger partial charge in [0.1, 0.15) is 0 Å². The van der Waals surface area contributed by atoms with E-state index < -0.39 is 0 Å². The number of aromatic nitrogens is 1. The molecular formula is C14H24Cl2N4O. The lowest BCUT2D eigenvalue weighted by Crippen LogP contribution is -2.37. The number of rotatable bonds is 5. The molecule has 0 aromatic carbocycles. The normalized spacial score (nSPS) is 14.7. The number of likely N-dealkylation sites (tertiary alicyclic amines) is 1. The van der Waals surface area contributed by atoms with Crippen LogP contribution in [-0.2, 0) is 6.54 Å². The minimum atomic E-state index is -0.0471. The second kappa shape index (κ2) is 10.8. The monoisotopic (exact) mass is 334 g/mol. The molecule has 7 heteroatoms. The Morgan fingerprint density at radius 2 is 2.00 bits per heavy atom. The van der Waals surface area contributed by atoms with Gasteiger partial charge in [-0.1, -0.05) is 6.42 Å². The molecule has 1 aliphatic rings. The molecule has 21 heavy (non-hydrogen) atoms. The number of nitrogens with zero attached hydrogens (tertiary/aromatic N) is 2. The summed E-state index contributed by atoms with van der Waals surface area (Å²) in [4.78, 5) is 18.4. The molecule has 3 N–H and O–H groups in total. The number of carbonyl (C=O) groups excluding carboxylic acids is 1. The van der Waals surface area contributed by atoms with Gasteiger partial charge in [0.15, 0.2) is 0 Å². The molecule has 0 spiro atoms. The predicted molar refractivity (Wildman–Crippen MR) is 89.2 cm³/mol. The van der Waals surface area contributed by atoms with Gasteiger partial charge in [-0.3, -0.25) is 9.78 Å². The molecule has 1 fully saturated rings. The SMILES string of the molecule is Cl.Cl.NCc1cc(C(=O)NCCN2CCCCC2)ccn1. The lowest BCUT2D eigenvalue weighted by atomic mass is 10.1. The van der Waals surface area contributed by atoms with Crippen LogP contribution in [-0.4, -0.2) is 42.0 Å². The Labute approximate surface area is 138 Å². The van der Waals surface area contributed by atoms with Crippen LogP contribution >= 0.6 is 24.8 Å². The number of carbonyl (C=O) groups is 1. The van der Waals surface area contributed by atoms with Crippen LogP contribution in [0.2, 0.25) is 0 Å². The van der Waals surface area contributed by atoms with E-state index in [9.17, 15) is 4.79 Å². The smallest absolute Gasteiger partial charge is 0.251 e. The number of halogens is 2. The van der Waals surface area contributed by atoms with Gasteiger partial charge >= 0.3 is 0 Å². The maximum absolute atomic E-state index is 12.0. The van der Waals surface area contributed by atoms with E-state index >= 15 is 0 Å². The zero-order valence-corrected chi connectivity index (χ0v) is 13.7. The fourth-order valence-electron chi connectivity index (χ4n) is 2.34. The molecule has 1 amide bonds. The van der Waals surface area contributed by atoms with Gasteiger partial charge in [-0.05, 0) is 38.1 Å². The van der Waals surface area contributed by atoms with E-state index in [4.69, 9.17) is 5.73 Å². The molecule has 0 saturated carbocycles. The fourth-order valence-corrected chi connectivity index (χ4v) is 2.34. The molecule has 5 nitrogen and oxygen atoms in total. The zero-order chi connectivity index (χ0) is 13.5. The van der Waals surface area contributed by atoms with Crippen LogP contribution in [0.5, 0.6) is 0 Å². The van der Waals surface area contributed by atoms with E-state index in [1.54, 1.807) is 18.3 Å². The fraction of sp³-hybridized carbons (Fsp3) is 0.571. The Morgan fingerprint density at radius 3 is 2.67 bits per heavy atom. The Bertz CT molecular complexity index is 425. The molecule has 1 aromatic heterocycles. The summed E-state index contributed by atoms with van der Waals surface area (Å²) in [7, 11) is 0. The van der Waals surface area contributed by atoms with Crippen molar-refractivity contribution in [3.05, 3.63) is 29.6 Å². The standard InChI is InChI=1S/C14H22N4O.2ClH/c15-11-13-10-12(4-5-16-13)14(19)17-6-9-18-7-2-1-3-8-18;;/h4-5,10H,1-3,6-9,11,15H2,(H,17,19);2*1H. The van der Waals surface area contributed by atoms with Crippen LogP contribution in [0.1, 0.15) is 35.3 Å². The Kier molecular flexibility index (Phi) is 10.3. The largest absolute Gasteiger partial charge is 0.351 e. The number of pyridine rings is 1. The number of amides is 1. The Balaban J connectivity index is 0.00000200. The lowest BCUT2D eigenvalue weighted by molar-refractivity contribution is 0.0946.